The number of unbranched alkanes of at least 4 members (excludes halogenated alkanes) is 2. The first-order valence-corrected chi connectivity index (χ1v) is 7.47. The van der Waals surface area contributed by atoms with E-state index in [9.17, 15) is 0 Å². The molecule has 0 bridgehead atoms. The summed E-state index contributed by atoms with van der Waals surface area (Å²) in [7, 11) is 0. The fourth-order valence-corrected chi connectivity index (χ4v) is 2.58. The minimum absolute atomic E-state index is 0.504. The summed E-state index contributed by atoms with van der Waals surface area (Å²) in [4.78, 5) is 0. The smallest absolute Gasteiger partial charge is 0.0323 e. The maximum atomic E-state index is 3.61. The van der Waals surface area contributed by atoms with Crippen LogP contribution < -0.4 is 5.32 Å². The lowest BCUT2D eigenvalue weighted by molar-refractivity contribution is 0.485. The predicted molar refractivity (Wildman–Crippen MR) is 79.4 cm³/mol. The van der Waals surface area contributed by atoms with E-state index in [1.54, 1.807) is 0 Å². The zero-order valence-electron chi connectivity index (χ0n) is 11.2. The topological polar surface area (TPSA) is 12.0 Å². The van der Waals surface area contributed by atoms with Gasteiger partial charge in [0.05, 0.1) is 0 Å². The van der Waals surface area contributed by atoms with Gasteiger partial charge in [-0.25, -0.2) is 0 Å². The minimum Gasteiger partial charge on any atom is -0.310 e. The Kier molecular flexibility index (Phi) is 6.83. The minimum atomic E-state index is 0.504. The highest BCUT2D eigenvalue weighted by atomic mass is 79.9. The van der Waals surface area contributed by atoms with E-state index in [-0.39, 0.29) is 0 Å². The third-order valence-electron chi connectivity index (χ3n) is 3.16. The van der Waals surface area contributed by atoms with Gasteiger partial charge in [-0.05, 0) is 43.1 Å². The van der Waals surface area contributed by atoms with E-state index >= 15 is 0 Å². The Morgan fingerprint density at radius 1 is 1.24 bits per heavy atom. The van der Waals surface area contributed by atoms with E-state index in [0.29, 0.717) is 6.04 Å². The number of benzene rings is 1. The van der Waals surface area contributed by atoms with Gasteiger partial charge in [-0.1, -0.05) is 55.1 Å². The number of aryl methyl sites for hydroxylation is 1. The van der Waals surface area contributed by atoms with Crippen LogP contribution in [0, 0.1) is 6.92 Å². The molecule has 1 aromatic carbocycles. The molecule has 0 aliphatic carbocycles. The van der Waals surface area contributed by atoms with Gasteiger partial charge in [0.15, 0.2) is 0 Å². The monoisotopic (exact) mass is 297 g/mol. The van der Waals surface area contributed by atoms with Crippen molar-refractivity contribution in [3.63, 3.8) is 0 Å². The quantitative estimate of drug-likeness (QED) is 0.699. The van der Waals surface area contributed by atoms with Crippen LogP contribution in [0.3, 0.4) is 0 Å². The van der Waals surface area contributed by atoms with Crippen LogP contribution in [0.25, 0.3) is 0 Å². The van der Waals surface area contributed by atoms with Crippen LogP contribution in [0.1, 0.15) is 56.7 Å². The molecule has 1 rings (SSSR count). The molecule has 1 atom stereocenters. The highest BCUT2D eigenvalue weighted by Crippen LogP contribution is 2.26. The van der Waals surface area contributed by atoms with Crippen molar-refractivity contribution in [2.45, 2.75) is 52.5 Å². The number of hydrogen-bond donors (Lipinski definition) is 1. The lowest BCUT2D eigenvalue weighted by Crippen LogP contribution is -2.21. The molecule has 2 heteroatoms. The largest absolute Gasteiger partial charge is 0.310 e. The van der Waals surface area contributed by atoms with Gasteiger partial charge in [0.1, 0.15) is 0 Å². The van der Waals surface area contributed by atoms with Gasteiger partial charge in [0.25, 0.3) is 0 Å². The second-order valence-electron chi connectivity index (χ2n) is 4.61. The molecule has 0 saturated heterocycles. The highest BCUT2D eigenvalue weighted by Gasteiger charge is 2.12. The third-order valence-corrected chi connectivity index (χ3v) is 3.66. The molecule has 0 heterocycles. The molecule has 0 aliphatic rings. The molecular formula is C15H24BrN. The first-order valence-electron chi connectivity index (χ1n) is 6.68. The molecular weight excluding hydrogens is 274 g/mol. The molecule has 0 aromatic heterocycles. The van der Waals surface area contributed by atoms with Gasteiger partial charge in [-0.15, -0.1) is 0 Å². The van der Waals surface area contributed by atoms with Crippen molar-refractivity contribution in [1.82, 2.24) is 5.32 Å². The van der Waals surface area contributed by atoms with E-state index in [1.165, 1.54) is 41.3 Å². The van der Waals surface area contributed by atoms with Crippen molar-refractivity contribution >= 4 is 15.9 Å². The average molecular weight is 298 g/mol. The second kappa shape index (κ2) is 7.88. The summed E-state index contributed by atoms with van der Waals surface area (Å²) in [5, 5.41) is 3.61. The molecule has 1 unspecified atom stereocenters. The van der Waals surface area contributed by atoms with Crippen LogP contribution in [-0.2, 0) is 0 Å². The van der Waals surface area contributed by atoms with Crippen LogP contribution in [0.5, 0.6) is 0 Å². The summed E-state index contributed by atoms with van der Waals surface area (Å²) in [6.07, 6.45) is 5.16. The Morgan fingerprint density at radius 2 is 2.00 bits per heavy atom. The Balaban J connectivity index is 2.77. The predicted octanol–water partition coefficient (Wildman–Crippen LogP) is 4.99. The first kappa shape index (κ1) is 14.7. The van der Waals surface area contributed by atoms with E-state index in [1.807, 2.05) is 0 Å². The molecule has 1 N–H and O–H groups in total. The molecule has 0 spiro atoms. The Bertz CT molecular complexity index is 336. The summed E-state index contributed by atoms with van der Waals surface area (Å²) < 4.78 is 1.18. The van der Waals surface area contributed by atoms with Gasteiger partial charge in [-0.2, -0.15) is 0 Å². The second-order valence-corrected chi connectivity index (χ2v) is 5.52. The number of nitrogens with one attached hydrogen (secondary N) is 1. The molecule has 0 radical (unpaired) electrons. The molecule has 96 valence electrons. The molecule has 17 heavy (non-hydrogen) atoms. The zero-order chi connectivity index (χ0) is 12.7. The van der Waals surface area contributed by atoms with Gasteiger partial charge in [0.2, 0.25) is 0 Å². The fraction of sp³-hybridized carbons (Fsp3) is 0.600. The van der Waals surface area contributed by atoms with Crippen LogP contribution in [0.2, 0.25) is 0 Å². The van der Waals surface area contributed by atoms with Gasteiger partial charge in [-0.3, -0.25) is 0 Å². The fourth-order valence-electron chi connectivity index (χ4n) is 2.20. The Morgan fingerprint density at radius 3 is 2.65 bits per heavy atom. The van der Waals surface area contributed by atoms with E-state index < -0.39 is 0 Å². The standard InChI is InChI=1S/C15H24BrN/c1-4-6-7-8-15(17-5-2)14-11-13(16)10-9-12(14)3/h9-11,15,17H,4-8H2,1-3H3. The summed E-state index contributed by atoms with van der Waals surface area (Å²) in [6.45, 7) is 7.67. The lowest BCUT2D eigenvalue weighted by atomic mass is 9.96. The van der Waals surface area contributed by atoms with Crippen molar-refractivity contribution in [2.75, 3.05) is 6.54 Å². The molecule has 1 aromatic rings. The summed E-state index contributed by atoms with van der Waals surface area (Å²) in [5.74, 6) is 0. The van der Waals surface area contributed by atoms with Crippen LogP contribution in [0.15, 0.2) is 22.7 Å². The van der Waals surface area contributed by atoms with Crippen LogP contribution in [-0.4, -0.2) is 6.54 Å². The molecule has 1 nitrogen and oxygen atoms in total. The van der Waals surface area contributed by atoms with Crippen LogP contribution in [0.4, 0.5) is 0 Å². The van der Waals surface area contributed by atoms with E-state index in [4.69, 9.17) is 0 Å². The Hall–Kier alpha value is -0.340. The summed E-state index contributed by atoms with van der Waals surface area (Å²) >= 11 is 3.57. The van der Waals surface area contributed by atoms with E-state index in [2.05, 4.69) is 60.2 Å². The molecule has 0 aliphatic heterocycles. The summed E-state index contributed by atoms with van der Waals surface area (Å²) in [6, 6.07) is 7.08. The van der Waals surface area contributed by atoms with Gasteiger partial charge in [0, 0.05) is 10.5 Å². The van der Waals surface area contributed by atoms with Crippen molar-refractivity contribution in [1.29, 1.82) is 0 Å². The molecule has 0 fully saturated rings. The van der Waals surface area contributed by atoms with Gasteiger partial charge >= 0.3 is 0 Å². The van der Waals surface area contributed by atoms with Crippen molar-refractivity contribution in [3.05, 3.63) is 33.8 Å². The first-order chi connectivity index (χ1) is 8.19. The highest BCUT2D eigenvalue weighted by molar-refractivity contribution is 9.10. The SMILES string of the molecule is CCCCCC(NCC)c1cc(Br)ccc1C. The summed E-state index contributed by atoms with van der Waals surface area (Å²) in [5.41, 5.74) is 2.83. The number of halogens is 1. The number of hydrogen-bond acceptors (Lipinski definition) is 1. The maximum Gasteiger partial charge on any atom is 0.0323 e. The van der Waals surface area contributed by atoms with Crippen molar-refractivity contribution < 1.29 is 0 Å². The molecule has 0 saturated carbocycles. The van der Waals surface area contributed by atoms with Crippen molar-refractivity contribution in [2.24, 2.45) is 0 Å². The Labute approximate surface area is 114 Å². The van der Waals surface area contributed by atoms with Crippen LogP contribution >= 0.6 is 15.9 Å². The lowest BCUT2D eigenvalue weighted by Gasteiger charge is -2.20. The zero-order valence-corrected chi connectivity index (χ0v) is 12.8. The third kappa shape index (κ3) is 4.81. The number of rotatable bonds is 7. The average Bonchev–Trinajstić information content (AvgIpc) is 2.32. The van der Waals surface area contributed by atoms with Gasteiger partial charge < -0.3 is 5.32 Å². The normalized spacial score (nSPS) is 12.7. The molecule has 0 amide bonds. The van der Waals surface area contributed by atoms with E-state index in [0.717, 1.165) is 6.54 Å². The van der Waals surface area contributed by atoms with Crippen molar-refractivity contribution in [3.8, 4) is 0 Å². The maximum absolute atomic E-state index is 3.61.